The highest BCUT2D eigenvalue weighted by molar-refractivity contribution is 6.35. The van der Waals surface area contributed by atoms with Crippen LogP contribution >= 0.6 is 23.2 Å². The molecular weight excluding hydrogens is 313 g/mol. The van der Waals surface area contributed by atoms with Gasteiger partial charge in [-0.15, -0.1) is 0 Å². The molecule has 1 aliphatic rings. The minimum atomic E-state index is -0.972. The quantitative estimate of drug-likeness (QED) is 0.806. The number of carbonyl (C=O) groups is 2. The summed E-state index contributed by atoms with van der Waals surface area (Å²) in [5.74, 6) is -0.800. The molecule has 0 bridgehead atoms. The summed E-state index contributed by atoms with van der Waals surface area (Å²) in [5, 5.41) is 12.8. The van der Waals surface area contributed by atoms with Gasteiger partial charge in [-0.05, 0) is 36.5 Å². The lowest BCUT2D eigenvalue weighted by molar-refractivity contribution is -0.142. The standard InChI is InChI=1S/C15H17Cl2NO3/c16-11-5-3-10(12(17)8-11)4-6-14(19)18-13(15(20)21)7-9-1-2-9/h3,5,8-9,13H,1-2,4,6-7H2,(H,18,19)(H,20,21). The summed E-state index contributed by atoms with van der Waals surface area (Å²) in [6.07, 6.45) is 3.29. The predicted octanol–water partition coefficient (Wildman–Crippen LogP) is 3.30. The molecule has 4 nitrogen and oxygen atoms in total. The van der Waals surface area contributed by atoms with Crippen LogP contribution in [0.2, 0.25) is 10.0 Å². The van der Waals surface area contributed by atoms with Crippen molar-refractivity contribution in [2.75, 3.05) is 0 Å². The van der Waals surface area contributed by atoms with E-state index in [0.29, 0.717) is 28.8 Å². The molecule has 1 saturated carbocycles. The molecule has 1 aromatic carbocycles. The normalized spacial score (nSPS) is 15.5. The lowest BCUT2D eigenvalue weighted by atomic mass is 10.1. The Bertz CT molecular complexity index is 544. The summed E-state index contributed by atoms with van der Waals surface area (Å²) in [6.45, 7) is 0. The zero-order chi connectivity index (χ0) is 15.4. The molecule has 0 saturated heterocycles. The van der Waals surface area contributed by atoms with Gasteiger partial charge in [-0.25, -0.2) is 4.79 Å². The lowest BCUT2D eigenvalue weighted by Gasteiger charge is -2.14. The van der Waals surface area contributed by atoms with E-state index in [2.05, 4.69) is 5.32 Å². The van der Waals surface area contributed by atoms with E-state index in [1.165, 1.54) is 0 Å². The highest BCUT2D eigenvalue weighted by atomic mass is 35.5. The summed E-state index contributed by atoms with van der Waals surface area (Å²) in [5.41, 5.74) is 0.824. The molecule has 1 unspecified atom stereocenters. The maximum absolute atomic E-state index is 11.9. The SMILES string of the molecule is O=C(CCc1ccc(Cl)cc1Cl)NC(CC1CC1)C(=O)O. The van der Waals surface area contributed by atoms with Gasteiger partial charge in [-0.1, -0.05) is 42.1 Å². The third-order valence-electron chi connectivity index (χ3n) is 3.54. The van der Waals surface area contributed by atoms with Crippen LogP contribution < -0.4 is 5.32 Å². The fourth-order valence-electron chi connectivity index (χ4n) is 2.15. The monoisotopic (exact) mass is 329 g/mol. The summed E-state index contributed by atoms with van der Waals surface area (Å²) < 4.78 is 0. The molecule has 1 amide bonds. The Kier molecular flexibility index (Phi) is 5.48. The highest BCUT2D eigenvalue weighted by Gasteiger charge is 2.30. The van der Waals surface area contributed by atoms with E-state index in [9.17, 15) is 9.59 Å². The second-order valence-electron chi connectivity index (χ2n) is 5.37. The van der Waals surface area contributed by atoms with Gasteiger partial charge >= 0.3 is 5.97 Å². The number of rotatable bonds is 7. The lowest BCUT2D eigenvalue weighted by Crippen LogP contribution is -2.41. The molecule has 0 spiro atoms. The third-order valence-corrected chi connectivity index (χ3v) is 4.12. The van der Waals surface area contributed by atoms with Crippen LogP contribution in [0.1, 0.15) is 31.2 Å². The first kappa shape index (κ1) is 16.1. The number of halogens is 2. The summed E-state index contributed by atoms with van der Waals surface area (Å²) in [4.78, 5) is 23.0. The first-order chi connectivity index (χ1) is 9.95. The second-order valence-corrected chi connectivity index (χ2v) is 6.22. The highest BCUT2D eigenvalue weighted by Crippen LogP contribution is 2.33. The van der Waals surface area contributed by atoms with Crippen LogP contribution in [-0.4, -0.2) is 23.0 Å². The number of nitrogens with one attached hydrogen (secondary N) is 1. The van der Waals surface area contributed by atoms with Gasteiger partial charge in [0, 0.05) is 16.5 Å². The first-order valence-corrected chi connectivity index (χ1v) is 7.67. The fraction of sp³-hybridized carbons (Fsp3) is 0.467. The molecule has 1 atom stereocenters. The largest absolute Gasteiger partial charge is 0.480 e. The molecule has 2 rings (SSSR count). The van der Waals surface area contributed by atoms with Crippen LogP contribution in [0.4, 0.5) is 0 Å². The molecule has 0 heterocycles. The molecule has 114 valence electrons. The van der Waals surface area contributed by atoms with E-state index in [0.717, 1.165) is 18.4 Å². The van der Waals surface area contributed by atoms with Crippen LogP contribution in [-0.2, 0) is 16.0 Å². The van der Waals surface area contributed by atoms with E-state index in [1.807, 2.05) is 0 Å². The van der Waals surface area contributed by atoms with Gasteiger partial charge in [-0.2, -0.15) is 0 Å². The van der Waals surface area contributed by atoms with E-state index >= 15 is 0 Å². The molecule has 21 heavy (non-hydrogen) atoms. The van der Waals surface area contributed by atoms with Gasteiger partial charge < -0.3 is 10.4 Å². The van der Waals surface area contributed by atoms with Crippen LogP contribution in [0.25, 0.3) is 0 Å². The van der Waals surface area contributed by atoms with E-state index in [4.69, 9.17) is 28.3 Å². The number of aliphatic carboxylic acids is 1. The third kappa shape index (κ3) is 5.21. The Morgan fingerprint density at radius 1 is 1.33 bits per heavy atom. The van der Waals surface area contributed by atoms with E-state index < -0.39 is 12.0 Å². The molecule has 1 aromatic rings. The van der Waals surface area contributed by atoms with Crippen molar-refractivity contribution in [1.82, 2.24) is 5.32 Å². The minimum Gasteiger partial charge on any atom is -0.480 e. The number of amides is 1. The van der Waals surface area contributed by atoms with Crippen LogP contribution in [0.15, 0.2) is 18.2 Å². The number of hydrogen-bond donors (Lipinski definition) is 2. The van der Waals surface area contributed by atoms with Crippen molar-refractivity contribution < 1.29 is 14.7 Å². The van der Waals surface area contributed by atoms with Crippen LogP contribution in [0, 0.1) is 5.92 Å². The van der Waals surface area contributed by atoms with Crippen molar-refractivity contribution in [3.05, 3.63) is 33.8 Å². The minimum absolute atomic E-state index is 0.204. The van der Waals surface area contributed by atoms with E-state index in [1.54, 1.807) is 18.2 Å². The average Bonchev–Trinajstić information content (AvgIpc) is 3.21. The van der Waals surface area contributed by atoms with Gasteiger partial charge in [-0.3, -0.25) is 4.79 Å². The average molecular weight is 330 g/mol. The molecule has 1 fully saturated rings. The van der Waals surface area contributed by atoms with Gasteiger partial charge in [0.05, 0.1) is 0 Å². The van der Waals surface area contributed by atoms with Crippen LogP contribution in [0.5, 0.6) is 0 Å². The Labute approximate surface area is 133 Å². The van der Waals surface area contributed by atoms with Gasteiger partial charge in [0.2, 0.25) is 5.91 Å². The Hall–Kier alpha value is -1.26. The van der Waals surface area contributed by atoms with Crippen molar-refractivity contribution >= 4 is 35.1 Å². The summed E-state index contributed by atoms with van der Waals surface area (Å²) >= 11 is 11.8. The van der Waals surface area contributed by atoms with Crippen molar-refractivity contribution in [3.8, 4) is 0 Å². The molecule has 0 aliphatic heterocycles. The smallest absolute Gasteiger partial charge is 0.326 e. The van der Waals surface area contributed by atoms with Gasteiger partial charge in [0.25, 0.3) is 0 Å². The number of aryl methyl sites for hydroxylation is 1. The van der Waals surface area contributed by atoms with Crippen molar-refractivity contribution in [2.45, 2.75) is 38.1 Å². The topological polar surface area (TPSA) is 66.4 Å². The molecule has 1 aliphatic carbocycles. The first-order valence-electron chi connectivity index (χ1n) is 6.92. The summed E-state index contributed by atoms with van der Waals surface area (Å²) in [7, 11) is 0. The summed E-state index contributed by atoms with van der Waals surface area (Å²) in [6, 6.07) is 4.33. The van der Waals surface area contributed by atoms with E-state index in [-0.39, 0.29) is 12.3 Å². The van der Waals surface area contributed by atoms with Crippen molar-refractivity contribution in [2.24, 2.45) is 5.92 Å². The zero-order valence-electron chi connectivity index (χ0n) is 11.4. The number of carboxylic acids is 1. The number of hydrogen-bond acceptors (Lipinski definition) is 2. The molecule has 6 heteroatoms. The number of benzene rings is 1. The van der Waals surface area contributed by atoms with Crippen molar-refractivity contribution in [1.29, 1.82) is 0 Å². The molecule has 0 radical (unpaired) electrons. The zero-order valence-corrected chi connectivity index (χ0v) is 13.0. The number of carbonyl (C=O) groups excluding carboxylic acids is 1. The predicted molar refractivity (Wildman–Crippen MR) is 81.7 cm³/mol. The molecule has 0 aromatic heterocycles. The Morgan fingerprint density at radius 2 is 2.05 bits per heavy atom. The van der Waals surface area contributed by atoms with Crippen molar-refractivity contribution in [3.63, 3.8) is 0 Å². The maximum Gasteiger partial charge on any atom is 0.326 e. The van der Waals surface area contributed by atoms with Crippen LogP contribution in [0.3, 0.4) is 0 Å². The second kappa shape index (κ2) is 7.14. The Morgan fingerprint density at radius 3 is 2.62 bits per heavy atom. The Balaban J connectivity index is 1.84. The molecule has 2 N–H and O–H groups in total. The van der Waals surface area contributed by atoms with Gasteiger partial charge in [0.15, 0.2) is 0 Å². The fourth-order valence-corrected chi connectivity index (χ4v) is 2.65. The maximum atomic E-state index is 11.9. The van der Waals surface area contributed by atoms with Gasteiger partial charge in [0.1, 0.15) is 6.04 Å². The number of carboxylic acid groups (broad SMARTS) is 1. The molecular formula is C15H17Cl2NO3.